The number of likely N-dealkylation sites (tertiary alicyclic amines) is 2. The number of hydrogen-bond acceptors (Lipinski definition) is 6. The molecule has 8 heteroatoms. The third-order valence-electron chi connectivity index (χ3n) is 5.68. The average molecular weight is 421 g/mol. The van der Waals surface area contributed by atoms with E-state index in [0.29, 0.717) is 18.7 Å². The maximum Gasteiger partial charge on any atom is 0.245 e. The highest BCUT2D eigenvalue weighted by Crippen LogP contribution is 2.18. The van der Waals surface area contributed by atoms with Crippen molar-refractivity contribution >= 4 is 17.5 Å². The molecule has 2 saturated heterocycles. The van der Waals surface area contributed by atoms with Crippen molar-refractivity contribution in [1.82, 2.24) is 15.1 Å². The van der Waals surface area contributed by atoms with Gasteiger partial charge >= 0.3 is 0 Å². The second kappa shape index (κ2) is 10.5. The van der Waals surface area contributed by atoms with Crippen molar-refractivity contribution in [3.63, 3.8) is 0 Å². The van der Waals surface area contributed by atoms with E-state index in [4.69, 9.17) is 0 Å². The Kier molecular flexibility index (Phi) is 7.50. The first kappa shape index (κ1) is 22.2. The van der Waals surface area contributed by atoms with Gasteiger partial charge in [-0.1, -0.05) is 17.7 Å². The van der Waals surface area contributed by atoms with Crippen molar-refractivity contribution in [2.24, 2.45) is 0 Å². The number of benzene rings is 1. The van der Waals surface area contributed by atoms with Gasteiger partial charge in [0.25, 0.3) is 0 Å². The van der Waals surface area contributed by atoms with Gasteiger partial charge in [-0.15, -0.1) is 0 Å². The molecule has 162 valence electrons. The lowest BCUT2D eigenvalue weighted by atomic mass is 10.1. The summed E-state index contributed by atoms with van der Waals surface area (Å²) in [6.45, 7) is 4.08. The molecule has 2 heterocycles. The van der Waals surface area contributed by atoms with Crippen LogP contribution in [0.4, 0.5) is 5.69 Å². The third kappa shape index (κ3) is 5.76. The topological polar surface area (TPSA) is 112 Å². The molecule has 2 aliphatic heterocycles. The zero-order valence-corrected chi connectivity index (χ0v) is 17.9. The van der Waals surface area contributed by atoms with Crippen LogP contribution < -0.4 is 10.6 Å². The van der Waals surface area contributed by atoms with Crippen molar-refractivity contribution in [2.75, 3.05) is 31.5 Å². The number of carbonyl (C=O) groups is 2. The van der Waals surface area contributed by atoms with Gasteiger partial charge in [0.1, 0.15) is 24.0 Å². The van der Waals surface area contributed by atoms with Crippen molar-refractivity contribution < 1.29 is 9.59 Å². The van der Waals surface area contributed by atoms with Gasteiger partial charge in [-0.3, -0.25) is 9.59 Å². The highest BCUT2D eigenvalue weighted by atomic mass is 16.2. The van der Waals surface area contributed by atoms with Crippen LogP contribution in [0, 0.1) is 29.6 Å². The predicted octanol–water partition coefficient (Wildman–Crippen LogP) is 2.26. The Morgan fingerprint density at radius 3 is 2.35 bits per heavy atom. The molecule has 0 saturated carbocycles. The third-order valence-corrected chi connectivity index (χ3v) is 5.68. The van der Waals surface area contributed by atoms with Crippen molar-refractivity contribution in [3.8, 4) is 12.1 Å². The lowest BCUT2D eigenvalue weighted by molar-refractivity contribution is -0.140. The second-order valence-electron chi connectivity index (χ2n) is 8.01. The number of anilines is 1. The molecule has 0 aliphatic carbocycles. The lowest BCUT2D eigenvalue weighted by Crippen LogP contribution is -2.49. The Labute approximate surface area is 183 Å². The smallest absolute Gasteiger partial charge is 0.245 e. The summed E-state index contributed by atoms with van der Waals surface area (Å²) in [5.41, 5.74) is 1.66. The SMILES string of the molecule is Cc1ccc(NC(NC2CCCCN(CC(=O)N3CCCC3)C2=O)=C(C#N)C#N)cc1. The van der Waals surface area contributed by atoms with Crippen LogP contribution in [0.3, 0.4) is 0 Å². The molecule has 0 bridgehead atoms. The maximum atomic E-state index is 13.2. The van der Waals surface area contributed by atoms with E-state index in [0.717, 1.165) is 44.3 Å². The minimum Gasteiger partial charge on any atom is -0.358 e. The number of nitrogens with zero attached hydrogens (tertiary/aromatic N) is 4. The monoisotopic (exact) mass is 420 g/mol. The largest absolute Gasteiger partial charge is 0.358 e. The van der Waals surface area contributed by atoms with Crippen molar-refractivity contribution in [3.05, 3.63) is 41.2 Å². The zero-order valence-electron chi connectivity index (χ0n) is 17.9. The Hall–Kier alpha value is -3.52. The summed E-state index contributed by atoms with van der Waals surface area (Å²) in [6, 6.07) is 10.7. The van der Waals surface area contributed by atoms with Gasteiger partial charge in [-0.2, -0.15) is 10.5 Å². The van der Waals surface area contributed by atoms with Gasteiger partial charge < -0.3 is 20.4 Å². The molecule has 1 aromatic rings. The van der Waals surface area contributed by atoms with E-state index < -0.39 is 6.04 Å². The van der Waals surface area contributed by atoms with E-state index in [2.05, 4.69) is 10.6 Å². The molecular formula is C23H28N6O2. The van der Waals surface area contributed by atoms with Crippen LogP contribution in [-0.2, 0) is 9.59 Å². The molecule has 31 heavy (non-hydrogen) atoms. The minimum absolute atomic E-state index is 0.0187. The van der Waals surface area contributed by atoms with E-state index in [-0.39, 0.29) is 29.8 Å². The van der Waals surface area contributed by atoms with Crippen LogP contribution in [0.2, 0.25) is 0 Å². The molecule has 1 aromatic carbocycles. The molecule has 2 aliphatic rings. The van der Waals surface area contributed by atoms with E-state index in [1.54, 1.807) is 4.90 Å². The second-order valence-corrected chi connectivity index (χ2v) is 8.01. The van der Waals surface area contributed by atoms with Crippen LogP contribution in [0.25, 0.3) is 0 Å². The minimum atomic E-state index is -0.612. The Morgan fingerprint density at radius 1 is 1.06 bits per heavy atom. The molecule has 1 atom stereocenters. The Balaban J connectivity index is 1.75. The molecule has 0 spiro atoms. The molecule has 3 rings (SSSR count). The Morgan fingerprint density at radius 2 is 1.71 bits per heavy atom. The molecule has 8 nitrogen and oxygen atoms in total. The molecular weight excluding hydrogens is 392 g/mol. The molecule has 0 aromatic heterocycles. The fourth-order valence-corrected chi connectivity index (χ4v) is 3.89. The highest BCUT2D eigenvalue weighted by Gasteiger charge is 2.31. The summed E-state index contributed by atoms with van der Waals surface area (Å²) in [7, 11) is 0. The fraction of sp³-hybridized carbons (Fsp3) is 0.478. The standard InChI is InChI=1S/C23H28N6O2/c1-17-7-9-19(10-8-17)26-22(18(14-24)15-25)27-20-6-2-3-13-29(23(20)31)16-21(30)28-11-4-5-12-28/h7-10,20,26-27H,2-6,11-13,16H2,1H3. The van der Waals surface area contributed by atoms with Crippen LogP contribution in [0.5, 0.6) is 0 Å². The van der Waals surface area contributed by atoms with Crippen molar-refractivity contribution in [1.29, 1.82) is 10.5 Å². The number of amides is 2. The number of hydrogen-bond donors (Lipinski definition) is 2. The number of nitrogens with one attached hydrogen (secondary N) is 2. The number of rotatable bonds is 6. The van der Waals surface area contributed by atoms with Crippen LogP contribution in [0.15, 0.2) is 35.7 Å². The van der Waals surface area contributed by atoms with E-state index >= 15 is 0 Å². The molecule has 2 fully saturated rings. The highest BCUT2D eigenvalue weighted by molar-refractivity contribution is 5.88. The number of carbonyl (C=O) groups excluding carboxylic acids is 2. The number of allylic oxidation sites excluding steroid dienone is 1. The lowest BCUT2D eigenvalue weighted by Gasteiger charge is -2.27. The summed E-state index contributed by atoms with van der Waals surface area (Å²) < 4.78 is 0. The molecule has 2 N–H and O–H groups in total. The van der Waals surface area contributed by atoms with E-state index in [9.17, 15) is 20.1 Å². The van der Waals surface area contributed by atoms with Gasteiger partial charge in [0.05, 0.1) is 6.54 Å². The van der Waals surface area contributed by atoms with E-state index in [1.165, 1.54) is 0 Å². The van der Waals surface area contributed by atoms with Gasteiger partial charge in [-0.25, -0.2) is 0 Å². The predicted molar refractivity (Wildman–Crippen MR) is 116 cm³/mol. The first-order valence-corrected chi connectivity index (χ1v) is 10.7. The van der Waals surface area contributed by atoms with Crippen LogP contribution in [-0.4, -0.2) is 53.8 Å². The summed E-state index contributed by atoms with van der Waals surface area (Å²) in [5.74, 6) is 0.0122. The summed E-state index contributed by atoms with van der Waals surface area (Å²) >= 11 is 0. The van der Waals surface area contributed by atoms with Gasteiger partial charge in [-0.05, 0) is 51.2 Å². The maximum absolute atomic E-state index is 13.2. The average Bonchev–Trinajstić information content (AvgIpc) is 3.26. The normalized spacial score (nSPS) is 18.5. The number of nitriles is 2. The van der Waals surface area contributed by atoms with Gasteiger partial charge in [0, 0.05) is 25.3 Å². The Bertz CT molecular complexity index is 903. The van der Waals surface area contributed by atoms with Gasteiger partial charge in [0.15, 0.2) is 5.57 Å². The van der Waals surface area contributed by atoms with E-state index in [1.807, 2.05) is 48.2 Å². The first-order chi connectivity index (χ1) is 15.0. The fourth-order valence-electron chi connectivity index (χ4n) is 3.89. The van der Waals surface area contributed by atoms with Gasteiger partial charge in [0.2, 0.25) is 11.8 Å². The van der Waals surface area contributed by atoms with Crippen molar-refractivity contribution in [2.45, 2.75) is 45.1 Å². The zero-order chi connectivity index (χ0) is 22.2. The summed E-state index contributed by atoms with van der Waals surface area (Å²) in [6.07, 6.45) is 4.20. The summed E-state index contributed by atoms with van der Waals surface area (Å²) in [5, 5.41) is 25.0. The van der Waals surface area contributed by atoms with Crippen LogP contribution in [0.1, 0.15) is 37.7 Å². The first-order valence-electron chi connectivity index (χ1n) is 10.7. The number of aryl methyl sites for hydroxylation is 1. The quantitative estimate of drug-likeness (QED) is 0.683. The molecule has 0 radical (unpaired) electrons. The molecule has 2 amide bonds. The molecule has 1 unspecified atom stereocenters. The summed E-state index contributed by atoms with van der Waals surface area (Å²) in [4.78, 5) is 29.2. The van der Waals surface area contributed by atoms with Crippen LogP contribution >= 0.6 is 0 Å².